The fourth-order valence-electron chi connectivity index (χ4n) is 3.39. The molecule has 0 radical (unpaired) electrons. The maximum atomic E-state index is 12.6. The summed E-state index contributed by atoms with van der Waals surface area (Å²) in [6.45, 7) is 2.87. The number of guanidine groups is 1. The van der Waals surface area contributed by atoms with Gasteiger partial charge in [-0.25, -0.2) is 0 Å². The summed E-state index contributed by atoms with van der Waals surface area (Å²) < 4.78 is 41.7. The first-order valence-corrected chi connectivity index (χ1v) is 9.53. The molecule has 1 unspecified atom stereocenters. The third-order valence-corrected chi connectivity index (χ3v) is 4.83. The molecular weight excluding hydrogens is 381 g/mol. The van der Waals surface area contributed by atoms with Gasteiger partial charge in [-0.3, -0.25) is 4.99 Å². The summed E-state index contributed by atoms with van der Waals surface area (Å²) in [6.07, 6.45) is -3.65. The summed E-state index contributed by atoms with van der Waals surface area (Å²) in [4.78, 5) is 6.52. The first-order chi connectivity index (χ1) is 13.9. The molecule has 156 valence electrons. The highest BCUT2D eigenvalue weighted by Crippen LogP contribution is 2.26. The zero-order valence-corrected chi connectivity index (χ0v) is 16.2. The highest BCUT2D eigenvalue weighted by Gasteiger charge is 2.32. The Bertz CT molecular complexity index is 811. The molecule has 1 saturated heterocycles. The highest BCUT2D eigenvalue weighted by molar-refractivity contribution is 5.79. The van der Waals surface area contributed by atoms with Crippen molar-refractivity contribution in [3.63, 3.8) is 0 Å². The number of hydrogen-bond acceptors (Lipinski definition) is 3. The van der Waals surface area contributed by atoms with E-state index in [0.717, 1.165) is 26.1 Å². The molecule has 0 aromatic heterocycles. The fraction of sp³-hybridized carbons (Fsp3) is 0.381. The van der Waals surface area contributed by atoms with E-state index in [9.17, 15) is 13.2 Å². The van der Waals surface area contributed by atoms with Gasteiger partial charge in [-0.05, 0) is 30.5 Å². The van der Waals surface area contributed by atoms with Crippen molar-refractivity contribution in [3.8, 4) is 5.75 Å². The molecule has 2 aromatic carbocycles. The molecular formula is C21H25F3N4O. The maximum Gasteiger partial charge on any atom is 0.573 e. The molecule has 0 saturated carbocycles. The lowest BCUT2D eigenvalue weighted by molar-refractivity contribution is -0.274. The van der Waals surface area contributed by atoms with Gasteiger partial charge in [0.2, 0.25) is 0 Å². The summed E-state index contributed by atoms with van der Waals surface area (Å²) in [6, 6.07) is 16.4. The van der Waals surface area contributed by atoms with Crippen LogP contribution in [-0.4, -0.2) is 39.0 Å². The van der Waals surface area contributed by atoms with Crippen molar-refractivity contribution >= 4 is 11.6 Å². The van der Waals surface area contributed by atoms with E-state index in [1.54, 1.807) is 19.2 Å². The second kappa shape index (κ2) is 9.54. The van der Waals surface area contributed by atoms with Crippen LogP contribution >= 0.6 is 0 Å². The van der Waals surface area contributed by atoms with Crippen molar-refractivity contribution < 1.29 is 17.9 Å². The largest absolute Gasteiger partial charge is 0.573 e. The van der Waals surface area contributed by atoms with E-state index in [0.29, 0.717) is 17.4 Å². The topological polar surface area (TPSA) is 48.9 Å². The van der Waals surface area contributed by atoms with Crippen LogP contribution in [0.25, 0.3) is 0 Å². The quantitative estimate of drug-likeness (QED) is 0.566. The minimum absolute atomic E-state index is 0.173. The molecule has 0 amide bonds. The number of aliphatic imine (C=N–C) groups is 1. The summed E-state index contributed by atoms with van der Waals surface area (Å²) in [5.41, 5.74) is 1.63. The standard InChI is InChI=1S/C21H25F3N4O/c1-25-20(27-14-17-7-5-6-10-19(17)29-21(22,23)24)26-13-16-11-12-28(15-16)18-8-3-2-4-9-18/h2-10,16H,11-15H2,1H3,(H2,25,26,27). The number of benzene rings is 2. The highest BCUT2D eigenvalue weighted by atomic mass is 19.4. The van der Waals surface area contributed by atoms with Crippen molar-refractivity contribution in [2.45, 2.75) is 19.3 Å². The lowest BCUT2D eigenvalue weighted by Crippen LogP contribution is -2.40. The number of halogens is 3. The monoisotopic (exact) mass is 406 g/mol. The van der Waals surface area contributed by atoms with E-state index in [4.69, 9.17) is 0 Å². The van der Waals surface area contributed by atoms with Crippen molar-refractivity contribution in [2.75, 3.05) is 31.6 Å². The Morgan fingerprint density at radius 2 is 1.83 bits per heavy atom. The predicted octanol–water partition coefficient (Wildman–Crippen LogP) is 3.78. The van der Waals surface area contributed by atoms with Gasteiger partial charge in [0, 0.05) is 44.5 Å². The lowest BCUT2D eigenvalue weighted by atomic mass is 10.1. The van der Waals surface area contributed by atoms with Crippen molar-refractivity contribution in [1.29, 1.82) is 0 Å². The number of ether oxygens (including phenoxy) is 1. The minimum Gasteiger partial charge on any atom is -0.405 e. The van der Waals surface area contributed by atoms with Gasteiger partial charge >= 0.3 is 6.36 Å². The average Bonchev–Trinajstić information content (AvgIpc) is 3.18. The first kappa shape index (κ1) is 20.8. The molecule has 1 atom stereocenters. The van der Waals surface area contributed by atoms with Crippen molar-refractivity contribution in [2.24, 2.45) is 10.9 Å². The van der Waals surface area contributed by atoms with Gasteiger partial charge in [0.15, 0.2) is 5.96 Å². The Balaban J connectivity index is 1.49. The van der Waals surface area contributed by atoms with Gasteiger partial charge in [-0.15, -0.1) is 13.2 Å². The maximum absolute atomic E-state index is 12.6. The van der Waals surface area contributed by atoms with E-state index in [1.807, 2.05) is 18.2 Å². The average molecular weight is 406 g/mol. The predicted molar refractivity (Wildman–Crippen MR) is 108 cm³/mol. The van der Waals surface area contributed by atoms with Crippen LogP contribution in [0.2, 0.25) is 0 Å². The van der Waals surface area contributed by atoms with E-state index >= 15 is 0 Å². The molecule has 5 nitrogen and oxygen atoms in total. The number of nitrogens with zero attached hydrogens (tertiary/aromatic N) is 2. The van der Waals surface area contributed by atoms with Crippen molar-refractivity contribution in [3.05, 3.63) is 60.2 Å². The Morgan fingerprint density at radius 1 is 1.10 bits per heavy atom. The minimum atomic E-state index is -4.72. The van der Waals surface area contributed by atoms with Crippen LogP contribution in [0.5, 0.6) is 5.75 Å². The second-order valence-electron chi connectivity index (χ2n) is 6.90. The third kappa shape index (κ3) is 6.30. The SMILES string of the molecule is CN=C(NCc1ccccc1OC(F)(F)F)NCC1CCN(c2ccccc2)C1. The van der Waals surface area contributed by atoms with Gasteiger partial charge in [0.05, 0.1) is 0 Å². The van der Waals surface area contributed by atoms with Crippen LogP contribution < -0.4 is 20.3 Å². The number of hydrogen-bond donors (Lipinski definition) is 2. The lowest BCUT2D eigenvalue weighted by Gasteiger charge is -2.19. The Morgan fingerprint density at radius 3 is 2.55 bits per heavy atom. The molecule has 1 aliphatic heterocycles. The van der Waals surface area contributed by atoms with Crippen LogP contribution in [0.1, 0.15) is 12.0 Å². The van der Waals surface area contributed by atoms with E-state index in [-0.39, 0.29) is 12.3 Å². The van der Waals surface area contributed by atoms with Crippen molar-refractivity contribution in [1.82, 2.24) is 10.6 Å². The third-order valence-electron chi connectivity index (χ3n) is 4.83. The van der Waals surface area contributed by atoms with Gasteiger partial charge in [-0.2, -0.15) is 0 Å². The summed E-state index contributed by atoms with van der Waals surface area (Å²) in [5.74, 6) is 0.803. The van der Waals surface area contributed by atoms with Crippen LogP contribution in [0, 0.1) is 5.92 Å². The van der Waals surface area contributed by atoms with Crippen LogP contribution in [0.3, 0.4) is 0 Å². The molecule has 2 aromatic rings. The van der Waals surface area contributed by atoms with E-state index in [2.05, 4.69) is 37.4 Å². The number of anilines is 1. The van der Waals surface area contributed by atoms with E-state index in [1.165, 1.54) is 17.8 Å². The summed E-state index contributed by atoms with van der Waals surface area (Å²) >= 11 is 0. The molecule has 3 rings (SSSR count). The number of nitrogens with one attached hydrogen (secondary N) is 2. The molecule has 0 aliphatic carbocycles. The van der Waals surface area contributed by atoms with Gasteiger partial charge < -0.3 is 20.3 Å². The Kier molecular flexibility index (Phi) is 6.85. The summed E-state index contributed by atoms with van der Waals surface area (Å²) in [7, 11) is 1.64. The zero-order chi connectivity index (χ0) is 20.7. The van der Waals surface area contributed by atoms with Gasteiger partial charge in [0.1, 0.15) is 5.75 Å². The van der Waals surface area contributed by atoms with Crippen LogP contribution in [0.15, 0.2) is 59.6 Å². The van der Waals surface area contributed by atoms with Crippen LogP contribution in [-0.2, 0) is 6.54 Å². The Hall–Kier alpha value is -2.90. The van der Waals surface area contributed by atoms with Gasteiger partial charge in [-0.1, -0.05) is 36.4 Å². The molecule has 2 N–H and O–H groups in total. The molecule has 1 heterocycles. The number of para-hydroxylation sites is 2. The molecule has 0 spiro atoms. The van der Waals surface area contributed by atoms with Gasteiger partial charge in [0.25, 0.3) is 0 Å². The number of alkyl halides is 3. The number of rotatable bonds is 6. The molecule has 1 fully saturated rings. The fourth-order valence-corrected chi connectivity index (χ4v) is 3.39. The molecule has 29 heavy (non-hydrogen) atoms. The summed E-state index contributed by atoms with van der Waals surface area (Å²) in [5, 5.41) is 6.33. The molecule has 8 heteroatoms. The smallest absolute Gasteiger partial charge is 0.405 e. The first-order valence-electron chi connectivity index (χ1n) is 9.53. The molecule has 0 bridgehead atoms. The van der Waals surface area contributed by atoms with E-state index < -0.39 is 6.36 Å². The second-order valence-corrected chi connectivity index (χ2v) is 6.90. The zero-order valence-electron chi connectivity index (χ0n) is 16.2. The Labute approximate surface area is 168 Å². The molecule has 1 aliphatic rings. The van der Waals surface area contributed by atoms with Crippen LogP contribution in [0.4, 0.5) is 18.9 Å². The normalized spacial score (nSPS) is 17.3.